The molecular weight excluding hydrogens is 829 g/mol. The fraction of sp³-hybridized carbons (Fsp3) is 0.340. The molecule has 0 radical (unpaired) electrons. The minimum atomic E-state index is -3.82. The quantitative estimate of drug-likeness (QED) is 0.0281. The van der Waals surface area contributed by atoms with Crippen molar-refractivity contribution in [3.05, 3.63) is 148 Å². The van der Waals surface area contributed by atoms with Crippen LogP contribution in [0.4, 0.5) is 17.1 Å². The zero-order valence-electron chi connectivity index (χ0n) is 34.5. The van der Waals surface area contributed by atoms with Crippen molar-refractivity contribution < 1.29 is 23.5 Å². The Hall–Kier alpha value is -4.52. The van der Waals surface area contributed by atoms with Crippen molar-refractivity contribution in [2.45, 2.75) is 30.8 Å². The number of ether oxygens (including phenoxy) is 1. The molecule has 0 amide bonds. The summed E-state index contributed by atoms with van der Waals surface area (Å²) >= 11 is 7.84. The number of hydrogen-bond donors (Lipinski definition) is 1. The molecule has 2 saturated heterocycles. The molecule has 5 aromatic carbocycles. The molecule has 2 atom stereocenters. The number of anilines is 2. The fourth-order valence-corrected chi connectivity index (χ4v) is 11.0. The van der Waals surface area contributed by atoms with Crippen LogP contribution in [0.2, 0.25) is 5.02 Å². The molecule has 61 heavy (non-hydrogen) atoms. The van der Waals surface area contributed by atoms with Crippen molar-refractivity contribution in [2.24, 2.45) is 0 Å². The molecule has 0 spiro atoms. The van der Waals surface area contributed by atoms with Gasteiger partial charge in [0, 0.05) is 96.7 Å². The number of nitro groups is 1. The summed E-state index contributed by atoms with van der Waals surface area (Å²) in [5, 5.41) is 16.8. The number of benzene rings is 5. The van der Waals surface area contributed by atoms with Gasteiger partial charge in [-0.25, -0.2) is 0 Å². The highest BCUT2D eigenvalue weighted by Crippen LogP contribution is 2.47. The number of ketones is 1. The summed E-state index contributed by atoms with van der Waals surface area (Å²) in [5.74, 6) is 0.341. The number of halogens is 1. The van der Waals surface area contributed by atoms with Gasteiger partial charge in [0.15, 0.2) is 5.78 Å². The highest BCUT2D eigenvalue weighted by atomic mass is 35.5. The second kappa shape index (κ2) is 21.5. The monoisotopic (exact) mass is 881 g/mol. The van der Waals surface area contributed by atoms with Crippen LogP contribution in [0.5, 0.6) is 0 Å². The molecule has 320 valence electrons. The zero-order chi connectivity index (χ0) is 42.6. The molecule has 7 rings (SSSR count). The number of carbonyl (C=O) groups is 1. The van der Waals surface area contributed by atoms with Crippen LogP contribution in [-0.2, 0) is 20.4 Å². The number of piperazine rings is 1. The number of Topliss-reactive ketones (excluding diaryl/α,β-unsaturated/α-hetero) is 1. The Morgan fingerprint density at radius 1 is 0.885 bits per heavy atom. The summed E-state index contributed by atoms with van der Waals surface area (Å²) in [6.45, 7) is 9.97. The third-order valence-electron chi connectivity index (χ3n) is 11.2. The van der Waals surface area contributed by atoms with Crippen molar-refractivity contribution in [3.8, 4) is 11.1 Å². The van der Waals surface area contributed by atoms with Gasteiger partial charge in [0.05, 0.1) is 30.9 Å². The predicted molar refractivity (Wildman–Crippen MR) is 248 cm³/mol. The largest absolute Gasteiger partial charge is 0.379 e. The molecule has 5 aromatic rings. The highest BCUT2D eigenvalue weighted by Gasteiger charge is 2.33. The van der Waals surface area contributed by atoms with Crippen LogP contribution in [0.1, 0.15) is 29.3 Å². The van der Waals surface area contributed by atoms with Crippen LogP contribution in [-0.4, -0.2) is 104 Å². The Morgan fingerprint density at radius 2 is 1.59 bits per heavy atom. The Morgan fingerprint density at radius 3 is 2.30 bits per heavy atom. The lowest BCUT2D eigenvalue weighted by atomic mass is 9.99. The van der Waals surface area contributed by atoms with Crippen molar-refractivity contribution in [3.63, 3.8) is 0 Å². The molecule has 0 aromatic heterocycles. The molecule has 0 aliphatic carbocycles. The standard InChI is InChI=1S/C47H53ClN5O6PS/c1-2-59-60(57,42-20-21-45(46(32-42)53(55)56)49-40(22-23-50-28-30-58-31-29-50)35-61-43-9-4-3-5-10-43)34-47(54)37-14-18-41(19-15-37)52-26-24-51(25-27-52)33-38-8-6-7-11-44(38)36-12-16-39(48)17-13-36/h3-21,32,40,49H,2,22-31,33-35H2,1H3/t40-,60?/m1/s1. The van der Waals surface area contributed by atoms with Gasteiger partial charge in [0.1, 0.15) is 5.69 Å². The fourth-order valence-electron chi connectivity index (χ4n) is 7.83. The van der Waals surface area contributed by atoms with E-state index in [-0.39, 0.29) is 29.4 Å². The minimum Gasteiger partial charge on any atom is -0.379 e. The number of nitrogens with one attached hydrogen (secondary N) is 1. The molecular formula is C47H53ClN5O6PS. The molecule has 0 saturated carbocycles. The second-order valence-corrected chi connectivity index (χ2v) is 19.3. The maximum absolute atomic E-state index is 14.5. The third kappa shape index (κ3) is 12.1. The molecule has 0 bridgehead atoms. The number of nitrogens with zero attached hydrogens (tertiary/aromatic N) is 4. The molecule has 2 heterocycles. The molecule has 2 aliphatic rings. The van der Waals surface area contributed by atoms with E-state index in [0.29, 0.717) is 30.2 Å². The molecule has 1 N–H and O–H groups in total. The van der Waals surface area contributed by atoms with E-state index in [9.17, 15) is 19.5 Å². The Bertz CT molecular complexity index is 2270. The summed E-state index contributed by atoms with van der Waals surface area (Å²) in [5.41, 5.74) is 5.17. The summed E-state index contributed by atoms with van der Waals surface area (Å²) in [6, 6.07) is 38.3. The number of nitro benzene ring substituents is 1. The number of hydrogen-bond acceptors (Lipinski definition) is 11. The Balaban J connectivity index is 0.988. The second-order valence-electron chi connectivity index (χ2n) is 15.3. The van der Waals surface area contributed by atoms with Gasteiger partial charge >= 0.3 is 0 Å². The van der Waals surface area contributed by atoms with E-state index >= 15 is 0 Å². The normalized spacial score (nSPS) is 16.5. The van der Waals surface area contributed by atoms with Crippen LogP contribution in [0.15, 0.2) is 126 Å². The zero-order valence-corrected chi connectivity index (χ0v) is 37.0. The minimum absolute atomic E-state index is 0.0797. The molecule has 2 fully saturated rings. The summed E-state index contributed by atoms with van der Waals surface area (Å²) in [7, 11) is -3.82. The van der Waals surface area contributed by atoms with Gasteiger partial charge in [-0.3, -0.25) is 29.3 Å². The molecule has 2 aliphatic heterocycles. The summed E-state index contributed by atoms with van der Waals surface area (Å²) in [4.78, 5) is 34.0. The van der Waals surface area contributed by atoms with E-state index in [1.54, 1.807) is 43.0 Å². The predicted octanol–water partition coefficient (Wildman–Crippen LogP) is 9.36. The van der Waals surface area contributed by atoms with Crippen molar-refractivity contribution in [1.82, 2.24) is 9.80 Å². The first-order chi connectivity index (χ1) is 29.7. The van der Waals surface area contributed by atoms with Crippen LogP contribution in [0.25, 0.3) is 11.1 Å². The van der Waals surface area contributed by atoms with Gasteiger partial charge < -0.3 is 19.5 Å². The Kier molecular flexibility index (Phi) is 15.7. The maximum Gasteiger partial charge on any atom is 0.293 e. The lowest BCUT2D eigenvalue weighted by Gasteiger charge is -2.36. The number of rotatable bonds is 19. The third-order valence-corrected chi connectivity index (χ3v) is 15.1. The first kappa shape index (κ1) is 44.5. The Labute approximate surface area is 368 Å². The van der Waals surface area contributed by atoms with E-state index in [1.165, 1.54) is 17.2 Å². The van der Waals surface area contributed by atoms with E-state index < -0.39 is 18.5 Å². The van der Waals surface area contributed by atoms with Gasteiger partial charge in [-0.1, -0.05) is 66.2 Å². The number of thioether (sulfide) groups is 1. The molecule has 11 nitrogen and oxygen atoms in total. The van der Waals surface area contributed by atoms with Gasteiger partial charge in [-0.15, -0.1) is 11.8 Å². The van der Waals surface area contributed by atoms with Crippen LogP contribution >= 0.6 is 30.7 Å². The SMILES string of the molecule is CCOP(=O)(CC(=O)c1ccc(N2CCN(Cc3ccccc3-c3ccc(Cl)cc3)CC2)cc1)c1ccc(N[C@H](CCN2CCOCC2)CSc2ccccc2)c([N+](=O)[O-])c1. The summed E-state index contributed by atoms with van der Waals surface area (Å²) in [6.07, 6.45) is 0.358. The van der Waals surface area contributed by atoms with Gasteiger partial charge in [-0.05, 0) is 90.7 Å². The van der Waals surface area contributed by atoms with Crippen molar-refractivity contribution in [2.75, 3.05) is 87.8 Å². The van der Waals surface area contributed by atoms with E-state index in [1.807, 2.05) is 42.5 Å². The lowest BCUT2D eigenvalue weighted by Crippen LogP contribution is -2.46. The van der Waals surface area contributed by atoms with Gasteiger partial charge in [0.25, 0.3) is 5.69 Å². The van der Waals surface area contributed by atoms with Gasteiger partial charge in [0.2, 0.25) is 7.37 Å². The van der Waals surface area contributed by atoms with E-state index in [0.717, 1.165) is 79.9 Å². The smallest absolute Gasteiger partial charge is 0.293 e. The molecule has 14 heteroatoms. The van der Waals surface area contributed by atoms with Crippen molar-refractivity contribution >= 4 is 58.9 Å². The topological polar surface area (TPSA) is 117 Å². The lowest BCUT2D eigenvalue weighted by molar-refractivity contribution is -0.383. The van der Waals surface area contributed by atoms with Crippen LogP contribution < -0.4 is 15.5 Å². The average Bonchev–Trinajstić information content (AvgIpc) is 3.29. The van der Waals surface area contributed by atoms with Gasteiger partial charge in [-0.2, -0.15) is 0 Å². The number of morpholine rings is 1. The van der Waals surface area contributed by atoms with E-state index in [2.05, 4.69) is 68.5 Å². The highest BCUT2D eigenvalue weighted by molar-refractivity contribution is 7.99. The average molecular weight is 882 g/mol. The first-order valence-corrected chi connectivity index (χ1v) is 24.1. The maximum atomic E-state index is 14.5. The van der Waals surface area contributed by atoms with Crippen LogP contribution in [0.3, 0.4) is 0 Å². The van der Waals surface area contributed by atoms with Crippen LogP contribution in [0, 0.1) is 10.1 Å². The molecule has 1 unspecified atom stereocenters. The first-order valence-electron chi connectivity index (χ1n) is 20.9. The number of carbonyl (C=O) groups excluding carboxylic acids is 1. The van der Waals surface area contributed by atoms with E-state index in [4.69, 9.17) is 20.9 Å². The van der Waals surface area contributed by atoms with Crippen molar-refractivity contribution in [1.29, 1.82) is 0 Å². The summed E-state index contributed by atoms with van der Waals surface area (Å²) < 4.78 is 25.8.